The van der Waals surface area contributed by atoms with Crippen LogP contribution in [0.3, 0.4) is 0 Å². The largest absolute Gasteiger partial charge is 0.497 e. The first kappa shape index (κ1) is 17.1. The summed E-state index contributed by atoms with van der Waals surface area (Å²) in [6.45, 7) is 3.36. The highest BCUT2D eigenvalue weighted by Gasteiger charge is 2.26. The number of rotatable bonds is 7. The molecule has 0 bridgehead atoms. The van der Waals surface area contributed by atoms with Crippen molar-refractivity contribution < 1.29 is 19.1 Å². The number of ether oxygens (including phenoxy) is 2. The number of methoxy groups -OCH3 is 1. The molecule has 1 aromatic carbocycles. The van der Waals surface area contributed by atoms with Gasteiger partial charge in [-0.05, 0) is 24.5 Å². The van der Waals surface area contributed by atoms with Crippen molar-refractivity contribution in [3.63, 3.8) is 0 Å². The SMILES string of the molecule is CCCNC(=O)CCNC(=O)[C@@H]1COc2cc(OC)ccc2C1. The smallest absolute Gasteiger partial charge is 0.226 e. The van der Waals surface area contributed by atoms with Crippen LogP contribution in [0.2, 0.25) is 0 Å². The number of fused-ring (bicyclic) bond motifs is 1. The Morgan fingerprint density at radius 3 is 2.87 bits per heavy atom. The van der Waals surface area contributed by atoms with E-state index in [1.54, 1.807) is 7.11 Å². The lowest BCUT2D eigenvalue weighted by molar-refractivity contribution is -0.126. The molecule has 6 nitrogen and oxygen atoms in total. The molecule has 0 spiro atoms. The van der Waals surface area contributed by atoms with Gasteiger partial charge in [-0.3, -0.25) is 9.59 Å². The van der Waals surface area contributed by atoms with Crippen molar-refractivity contribution >= 4 is 11.8 Å². The van der Waals surface area contributed by atoms with Crippen molar-refractivity contribution in [3.8, 4) is 11.5 Å². The molecule has 1 aliphatic heterocycles. The third-order valence-corrected chi connectivity index (χ3v) is 3.77. The van der Waals surface area contributed by atoms with Crippen molar-refractivity contribution in [1.29, 1.82) is 0 Å². The maximum absolute atomic E-state index is 12.2. The molecule has 2 N–H and O–H groups in total. The first-order chi connectivity index (χ1) is 11.1. The molecule has 6 heteroatoms. The number of benzene rings is 1. The van der Waals surface area contributed by atoms with Crippen molar-refractivity contribution in [3.05, 3.63) is 23.8 Å². The second-order valence-corrected chi connectivity index (χ2v) is 5.58. The summed E-state index contributed by atoms with van der Waals surface area (Å²) in [7, 11) is 1.61. The normalized spacial score (nSPS) is 16.0. The molecule has 0 unspecified atom stereocenters. The molecule has 1 aromatic rings. The van der Waals surface area contributed by atoms with E-state index in [0.717, 1.165) is 23.5 Å². The van der Waals surface area contributed by atoms with Gasteiger partial charge in [-0.15, -0.1) is 0 Å². The number of amides is 2. The van der Waals surface area contributed by atoms with Gasteiger partial charge in [0.05, 0.1) is 13.0 Å². The summed E-state index contributed by atoms with van der Waals surface area (Å²) in [4.78, 5) is 23.7. The van der Waals surface area contributed by atoms with Crippen LogP contribution < -0.4 is 20.1 Å². The Morgan fingerprint density at radius 1 is 1.30 bits per heavy atom. The van der Waals surface area contributed by atoms with E-state index in [4.69, 9.17) is 9.47 Å². The highest BCUT2D eigenvalue weighted by Crippen LogP contribution is 2.30. The van der Waals surface area contributed by atoms with Gasteiger partial charge in [0.15, 0.2) is 0 Å². The molecule has 0 fully saturated rings. The summed E-state index contributed by atoms with van der Waals surface area (Å²) in [6, 6.07) is 5.62. The maximum Gasteiger partial charge on any atom is 0.226 e. The van der Waals surface area contributed by atoms with Crippen LogP contribution in [0.15, 0.2) is 18.2 Å². The quantitative estimate of drug-likeness (QED) is 0.793. The Hall–Kier alpha value is -2.24. The van der Waals surface area contributed by atoms with Crippen LogP contribution in [0.25, 0.3) is 0 Å². The molecule has 0 aromatic heterocycles. The van der Waals surface area contributed by atoms with Crippen molar-refractivity contribution in [2.75, 3.05) is 26.8 Å². The van der Waals surface area contributed by atoms with Crippen molar-refractivity contribution in [2.45, 2.75) is 26.2 Å². The fraction of sp³-hybridized carbons (Fsp3) is 0.529. The van der Waals surface area contributed by atoms with Crippen LogP contribution in [0.1, 0.15) is 25.3 Å². The highest BCUT2D eigenvalue weighted by atomic mass is 16.5. The van der Waals surface area contributed by atoms with E-state index >= 15 is 0 Å². The highest BCUT2D eigenvalue weighted by molar-refractivity contribution is 5.81. The van der Waals surface area contributed by atoms with Gasteiger partial charge in [-0.25, -0.2) is 0 Å². The summed E-state index contributed by atoms with van der Waals surface area (Å²) < 4.78 is 10.8. The van der Waals surface area contributed by atoms with E-state index in [1.165, 1.54) is 0 Å². The number of carbonyl (C=O) groups is 2. The van der Waals surface area contributed by atoms with E-state index in [9.17, 15) is 9.59 Å². The third-order valence-electron chi connectivity index (χ3n) is 3.77. The summed E-state index contributed by atoms with van der Waals surface area (Å²) in [6.07, 6.45) is 1.84. The summed E-state index contributed by atoms with van der Waals surface area (Å²) >= 11 is 0. The second kappa shape index (κ2) is 8.41. The average Bonchev–Trinajstić information content (AvgIpc) is 2.58. The lowest BCUT2D eigenvalue weighted by Crippen LogP contribution is -2.39. The molecule has 126 valence electrons. The zero-order valence-electron chi connectivity index (χ0n) is 13.7. The van der Waals surface area contributed by atoms with E-state index in [-0.39, 0.29) is 17.7 Å². The van der Waals surface area contributed by atoms with Gasteiger partial charge in [0, 0.05) is 25.6 Å². The van der Waals surface area contributed by atoms with E-state index < -0.39 is 0 Å². The number of carbonyl (C=O) groups excluding carboxylic acids is 2. The summed E-state index contributed by atoms with van der Waals surface area (Å²) in [5, 5.41) is 5.59. The lowest BCUT2D eigenvalue weighted by Gasteiger charge is -2.25. The van der Waals surface area contributed by atoms with Gasteiger partial charge >= 0.3 is 0 Å². The fourth-order valence-electron chi connectivity index (χ4n) is 2.44. The van der Waals surface area contributed by atoms with Crippen molar-refractivity contribution in [2.24, 2.45) is 5.92 Å². The Labute approximate surface area is 136 Å². The zero-order chi connectivity index (χ0) is 16.7. The van der Waals surface area contributed by atoms with E-state index in [1.807, 2.05) is 25.1 Å². The number of hydrogen-bond donors (Lipinski definition) is 2. The monoisotopic (exact) mass is 320 g/mol. The third kappa shape index (κ3) is 4.87. The topological polar surface area (TPSA) is 76.7 Å². The average molecular weight is 320 g/mol. The van der Waals surface area contributed by atoms with Gasteiger partial charge in [0.25, 0.3) is 0 Å². The molecule has 0 aliphatic carbocycles. The standard InChI is InChI=1S/C17H24N2O4/c1-3-7-18-16(20)6-8-19-17(21)13-9-12-4-5-14(22-2)10-15(12)23-11-13/h4-5,10,13H,3,6-9,11H2,1-2H3,(H,18,20)(H,19,21)/t13-/m0/s1. The predicted molar refractivity (Wildman–Crippen MR) is 86.6 cm³/mol. The summed E-state index contributed by atoms with van der Waals surface area (Å²) in [5.41, 5.74) is 0.998. The molecule has 0 radical (unpaired) electrons. The molecule has 1 atom stereocenters. The summed E-state index contributed by atoms with van der Waals surface area (Å²) in [5.74, 6) is 1.17. The minimum atomic E-state index is -0.227. The maximum atomic E-state index is 12.2. The van der Waals surface area contributed by atoms with Crippen LogP contribution in [0, 0.1) is 5.92 Å². The Balaban J connectivity index is 1.79. The minimum absolute atomic E-state index is 0.0375. The number of hydrogen-bond acceptors (Lipinski definition) is 4. The van der Waals surface area contributed by atoms with Gasteiger partial charge in [-0.1, -0.05) is 13.0 Å². The van der Waals surface area contributed by atoms with E-state index in [0.29, 0.717) is 32.5 Å². The first-order valence-electron chi connectivity index (χ1n) is 7.98. The first-order valence-corrected chi connectivity index (χ1v) is 7.98. The Bertz CT molecular complexity index is 560. The minimum Gasteiger partial charge on any atom is -0.497 e. The molecular weight excluding hydrogens is 296 g/mol. The predicted octanol–water partition coefficient (Wildman–Crippen LogP) is 1.28. The molecule has 23 heavy (non-hydrogen) atoms. The number of nitrogens with one attached hydrogen (secondary N) is 2. The molecular formula is C17H24N2O4. The van der Waals surface area contributed by atoms with Gasteiger partial charge < -0.3 is 20.1 Å². The molecule has 1 aliphatic rings. The van der Waals surface area contributed by atoms with Crippen LogP contribution in [-0.4, -0.2) is 38.6 Å². The molecule has 2 rings (SSSR count). The fourth-order valence-corrected chi connectivity index (χ4v) is 2.44. The van der Waals surface area contributed by atoms with Gasteiger partial charge in [-0.2, -0.15) is 0 Å². The van der Waals surface area contributed by atoms with Crippen LogP contribution in [0.5, 0.6) is 11.5 Å². The molecule has 0 saturated heterocycles. The Morgan fingerprint density at radius 2 is 2.13 bits per heavy atom. The Kier molecular flexibility index (Phi) is 6.26. The molecule has 2 amide bonds. The lowest BCUT2D eigenvalue weighted by atomic mass is 9.96. The molecule has 0 saturated carbocycles. The van der Waals surface area contributed by atoms with Gasteiger partial charge in [0.2, 0.25) is 11.8 Å². The van der Waals surface area contributed by atoms with Crippen LogP contribution in [-0.2, 0) is 16.0 Å². The van der Waals surface area contributed by atoms with Crippen LogP contribution in [0.4, 0.5) is 0 Å². The molecule has 1 heterocycles. The van der Waals surface area contributed by atoms with Gasteiger partial charge in [0.1, 0.15) is 18.1 Å². The van der Waals surface area contributed by atoms with E-state index in [2.05, 4.69) is 10.6 Å². The second-order valence-electron chi connectivity index (χ2n) is 5.58. The zero-order valence-corrected chi connectivity index (χ0v) is 13.7. The van der Waals surface area contributed by atoms with Crippen molar-refractivity contribution in [1.82, 2.24) is 10.6 Å². The van der Waals surface area contributed by atoms with Crippen LogP contribution >= 0.6 is 0 Å².